The maximum absolute atomic E-state index is 14.2. The molecule has 2 amide bonds. The van der Waals surface area contributed by atoms with E-state index in [0.717, 1.165) is 24.0 Å². The Labute approximate surface area is 241 Å². The Bertz CT molecular complexity index is 1380. The molecule has 0 bridgehead atoms. The first kappa shape index (κ1) is 30.8. The monoisotopic (exact) mass is 624 g/mol. The Kier molecular flexibility index (Phi) is 8.97. The largest absolute Gasteiger partial charge is 0.419 e. The molecule has 40 heavy (non-hydrogen) atoms. The van der Waals surface area contributed by atoms with E-state index in [2.05, 4.69) is 0 Å². The minimum atomic E-state index is -4.79. The van der Waals surface area contributed by atoms with Crippen LogP contribution in [-0.4, -0.2) is 91.6 Å². The number of carbonyl (C=O) groups excluding carboxylic acids is 1. The summed E-state index contributed by atoms with van der Waals surface area (Å²) in [6, 6.07) is 7.18. The first-order valence-corrected chi connectivity index (χ1v) is 15.2. The van der Waals surface area contributed by atoms with Crippen LogP contribution in [0.1, 0.15) is 29.5 Å². The second-order valence-electron chi connectivity index (χ2n) is 10.4. The molecule has 2 saturated heterocycles. The number of nitrogens with zero attached hydrogens (tertiary/aromatic N) is 4. The van der Waals surface area contributed by atoms with Crippen molar-refractivity contribution in [2.75, 3.05) is 46.0 Å². The molecule has 0 saturated carbocycles. The van der Waals surface area contributed by atoms with Crippen LogP contribution in [0.2, 0.25) is 10.0 Å². The van der Waals surface area contributed by atoms with Crippen LogP contribution in [0.4, 0.5) is 22.4 Å². The van der Waals surface area contributed by atoms with Crippen molar-refractivity contribution in [3.05, 3.63) is 69.0 Å². The van der Waals surface area contributed by atoms with Gasteiger partial charge in [-0.1, -0.05) is 35.3 Å². The number of urea groups is 1. The van der Waals surface area contributed by atoms with E-state index in [4.69, 9.17) is 23.2 Å². The fraction of sp³-hybridized carbons (Fsp3) is 0.500. The van der Waals surface area contributed by atoms with Crippen LogP contribution < -0.4 is 0 Å². The van der Waals surface area contributed by atoms with Crippen molar-refractivity contribution >= 4 is 39.3 Å². The maximum Gasteiger partial charge on any atom is 0.419 e. The number of hydrogen-bond donors (Lipinski definition) is 0. The van der Waals surface area contributed by atoms with Crippen LogP contribution in [0.15, 0.2) is 36.4 Å². The van der Waals surface area contributed by atoms with E-state index in [1.54, 1.807) is 35.9 Å². The average Bonchev–Trinajstić information content (AvgIpc) is 3.29. The predicted molar refractivity (Wildman–Crippen MR) is 145 cm³/mol. The van der Waals surface area contributed by atoms with Gasteiger partial charge in [0, 0.05) is 57.3 Å². The summed E-state index contributed by atoms with van der Waals surface area (Å²) in [5.74, 6) is -1.57. The smallest absolute Gasteiger partial charge is 0.322 e. The van der Waals surface area contributed by atoms with E-state index >= 15 is 0 Å². The number of sulfonamides is 1. The van der Waals surface area contributed by atoms with E-state index in [-0.39, 0.29) is 50.2 Å². The van der Waals surface area contributed by atoms with Crippen molar-refractivity contribution in [2.45, 2.75) is 37.6 Å². The van der Waals surface area contributed by atoms with Gasteiger partial charge in [0.15, 0.2) is 0 Å². The van der Waals surface area contributed by atoms with Gasteiger partial charge in [-0.2, -0.15) is 17.5 Å². The number of benzene rings is 2. The van der Waals surface area contributed by atoms with Gasteiger partial charge in [-0.3, -0.25) is 4.90 Å². The zero-order chi connectivity index (χ0) is 29.6. The van der Waals surface area contributed by atoms with E-state index in [1.165, 1.54) is 10.4 Å². The summed E-state index contributed by atoms with van der Waals surface area (Å²) in [5, 5.41) is 0.722. The number of hydrogen-bond acceptors (Lipinski definition) is 4. The number of piperazine rings is 1. The lowest BCUT2D eigenvalue weighted by molar-refractivity contribution is -0.140. The Morgan fingerprint density at radius 2 is 1.73 bits per heavy atom. The maximum atomic E-state index is 14.2. The van der Waals surface area contributed by atoms with Gasteiger partial charge < -0.3 is 9.80 Å². The highest BCUT2D eigenvalue weighted by Crippen LogP contribution is 2.36. The van der Waals surface area contributed by atoms with Gasteiger partial charge in [-0.05, 0) is 49.4 Å². The number of rotatable bonds is 5. The van der Waals surface area contributed by atoms with Gasteiger partial charge >= 0.3 is 12.2 Å². The third-order valence-electron chi connectivity index (χ3n) is 7.53. The Morgan fingerprint density at radius 3 is 2.30 bits per heavy atom. The summed E-state index contributed by atoms with van der Waals surface area (Å²) in [7, 11) is -1.63. The number of likely N-dealkylation sites (N-methyl/N-ethyl adjacent to an activating group) is 1. The van der Waals surface area contributed by atoms with Crippen molar-refractivity contribution in [3.8, 4) is 0 Å². The van der Waals surface area contributed by atoms with Crippen molar-refractivity contribution in [2.24, 2.45) is 0 Å². The van der Waals surface area contributed by atoms with Crippen LogP contribution in [0.3, 0.4) is 0 Å². The molecule has 2 aliphatic heterocycles. The first-order chi connectivity index (χ1) is 18.6. The van der Waals surface area contributed by atoms with Gasteiger partial charge in [0.05, 0.1) is 21.9 Å². The average molecular weight is 626 g/mol. The molecule has 0 aliphatic carbocycles. The second kappa shape index (κ2) is 11.6. The van der Waals surface area contributed by atoms with E-state index in [1.807, 2.05) is 11.0 Å². The fourth-order valence-corrected chi connectivity index (χ4v) is 7.00. The third-order valence-corrected chi connectivity index (χ3v) is 9.66. The highest BCUT2D eigenvalue weighted by molar-refractivity contribution is 7.88. The summed E-state index contributed by atoms with van der Waals surface area (Å²) in [6.45, 7) is 3.20. The number of carbonyl (C=O) groups is 1. The molecule has 0 N–H and O–H groups in total. The van der Waals surface area contributed by atoms with Crippen LogP contribution >= 0.6 is 23.2 Å². The molecule has 2 aromatic carbocycles. The number of amides is 2. The van der Waals surface area contributed by atoms with Crippen LogP contribution in [0, 0.1) is 5.82 Å². The highest BCUT2D eigenvalue weighted by Gasteiger charge is 2.42. The van der Waals surface area contributed by atoms with Crippen molar-refractivity contribution in [1.82, 2.24) is 19.0 Å². The minimum Gasteiger partial charge on any atom is -0.322 e. The van der Waals surface area contributed by atoms with Crippen LogP contribution in [0.25, 0.3) is 0 Å². The molecule has 0 aromatic heterocycles. The Morgan fingerprint density at radius 1 is 1.02 bits per heavy atom. The minimum absolute atomic E-state index is 0.143. The van der Waals surface area contributed by atoms with E-state index in [9.17, 15) is 30.8 Å². The lowest BCUT2D eigenvalue weighted by Crippen LogP contribution is -2.57. The summed E-state index contributed by atoms with van der Waals surface area (Å²) < 4.78 is 78.8. The summed E-state index contributed by atoms with van der Waals surface area (Å²) in [4.78, 5) is 18.8. The van der Waals surface area contributed by atoms with Crippen LogP contribution in [-0.2, 0) is 22.7 Å². The quantitative estimate of drug-likeness (QED) is 0.432. The third kappa shape index (κ3) is 6.67. The zero-order valence-electron chi connectivity index (χ0n) is 22.1. The molecular weight excluding hydrogens is 595 g/mol. The number of alkyl halides is 3. The summed E-state index contributed by atoms with van der Waals surface area (Å²) in [6.07, 6.45) is -3.64. The number of likely N-dealkylation sites (tertiary alicyclic amines) is 1. The van der Waals surface area contributed by atoms with Crippen molar-refractivity contribution < 1.29 is 30.8 Å². The molecule has 14 heteroatoms. The zero-order valence-corrected chi connectivity index (χ0v) is 24.5. The molecule has 2 heterocycles. The molecule has 2 fully saturated rings. The normalized spacial score (nSPS) is 22.8. The summed E-state index contributed by atoms with van der Waals surface area (Å²) >= 11 is 12.4. The molecule has 4 rings (SSSR count). The van der Waals surface area contributed by atoms with E-state index < -0.39 is 27.6 Å². The molecule has 2 aromatic rings. The van der Waals surface area contributed by atoms with Gasteiger partial charge in [-0.25, -0.2) is 17.6 Å². The van der Waals surface area contributed by atoms with Gasteiger partial charge in [-0.15, -0.1) is 0 Å². The predicted octanol–water partition coefficient (Wildman–Crippen LogP) is 5.14. The number of halogens is 6. The molecule has 2 aliphatic rings. The molecule has 0 unspecified atom stereocenters. The van der Waals surface area contributed by atoms with Crippen molar-refractivity contribution in [1.29, 1.82) is 0 Å². The first-order valence-electron chi connectivity index (χ1n) is 12.6. The fourth-order valence-electron chi connectivity index (χ4n) is 5.56. The second-order valence-corrected chi connectivity index (χ2v) is 13.2. The van der Waals surface area contributed by atoms with Gasteiger partial charge in [0.1, 0.15) is 5.82 Å². The van der Waals surface area contributed by atoms with Gasteiger partial charge in [0.25, 0.3) is 0 Å². The molecule has 220 valence electrons. The van der Waals surface area contributed by atoms with Crippen molar-refractivity contribution in [3.63, 3.8) is 0 Å². The topological polar surface area (TPSA) is 64.2 Å². The molecule has 0 spiro atoms. The van der Waals surface area contributed by atoms with E-state index in [0.29, 0.717) is 28.7 Å². The standard InChI is InChI=1S/C26H30Cl2F4N4O3S/c1-16-12-34(8-9-36(16)40(3,38)39)25(37)35-14-19(18-5-7-21(27)22(28)11-18)24(15-35)33(2)13-17-4-6-20(23(29)10-17)26(30,31)32/h4-7,10-11,16,19,24H,8-9,12-15H2,1-3H3/t16-,19+,24-/m0/s1. The lowest BCUT2D eigenvalue weighted by Gasteiger charge is -2.39. The Balaban J connectivity index is 1.56. The highest BCUT2D eigenvalue weighted by atomic mass is 35.5. The molecule has 3 atom stereocenters. The summed E-state index contributed by atoms with van der Waals surface area (Å²) in [5.41, 5.74) is -0.137. The molecule has 7 nitrogen and oxygen atoms in total. The molecular formula is C26H30Cl2F4N4O3S. The lowest BCUT2D eigenvalue weighted by atomic mass is 9.93. The Hall–Kier alpha value is -2.12. The molecule has 0 radical (unpaired) electrons. The SMILES string of the molecule is C[C@H]1CN(C(=O)N2C[C@H](c3ccc(Cl)c(Cl)c3)[C@@H](N(C)Cc3ccc(C(F)(F)F)c(F)c3)C2)CCN1S(C)(=O)=O. The van der Waals surface area contributed by atoms with Gasteiger partial charge in [0.2, 0.25) is 10.0 Å². The van der Waals surface area contributed by atoms with Crippen LogP contribution in [0.5, 0.6) is 0 Å².